The lowest BCUT2D eigenvalue weighted by atomic mass is 9.93. The number of Topliss-reactive ketones (excluding diaryl/α,β-unsaturated/α-hetero) is 1. The van der Waals surface area contributed by atoms with E-state index in [4.69, 9.17) is 9.26 Å². The Morgan fingerprint density at radius 1 is 1.41 bits per heavy atom. The number of carbonyl (C=O) groups excluding carboxylic acids is 1. The number of ether oxygens (including phenoxy) is 1. The second kappa shape index (κ2) is 5.91. The van der Waals surface area contributed by atoms with Crippen LogP contribution in [0, 0.1) is 12.8 Å². The van der Waals surface area contributed by atoms with E-state index < -0.39 is 0 Å². The Morgan fingerprint density at radius 3 is 2.82 bits per heavy atom. The first-order chi connectivity index (χ1) is 8.24. The van der Waals surface area contributed by atoms with Crippen molar-refractivity contribution in [1.29, 1.82) is 0 Å². The van der Waals surface area contributed by atoms with Crippen molar-refractivity contribution < 1.29 is 14.1 Å². The molecule has 17 heavy (non-hydrogen) atoms. The van der Waals surface area contributed by atoms with E-state index >= 15 is 0 Å². The lowest BCUT2D eigenvalue weighted by Gasteiger charge is -2.21. The van der Waals surface area contributed by atoms with Crippen molar-refractivity contribution >= 4 is 5.78 Å². The van der Waals surface area contributed by atoms with Crippen LogP contribution < -0.4 is 0 Å². The Bertz CT molecular complexity index is 370. The van der Waals surface area contributed by atoms with Crippen molar-refractivity contribution in [3.05, 3.63) is 11.7 Å². The largest absolute Gasteiger partial charge is 0.381 e. The highest BCUT2D eigenvalue weighted by molar-refractivity contribution is 5.79. The zero-order chi connectivity index (χ0) is 12.1. The summed E-state index contributed by atoms with van der Waals surface area (Å²) >= 11 is 0. The van der Waals surface area contributed by atoms with Crippen LogP contribution in [0.4, 0.5) is 0 Å². The molecule has 0 radical (unpaired) electrons. The SMILES string of the molecule is Cc1noc(CC(=O)CCC2CCOCC2)n1. The number of hydrogen-bond acceptors (Lipinski definition) is 5. The summed E-state index contributed by atoms with van der Waals surface area (Å²) in [5, 5.41) is 3.66. The topological polar surface area (TPSA) is 65.2 Å². The van der Waals surface area contributed by atoms with Crippen LogP contribution in [-0.2, 0) is 16.0 Å². The highest BCUT2D eigenvalue weighted by Gasteiger charge is 2.16. The smallest absolute Gasteiger partial charge is 0.234 e. The molecule has 1 aliphatic heterocycles. The first-order valence-electron chi connectivity index (χ1n) is 6.12. The molecule has 2 heterocycles. The maximum absolute atomic E-state index is 11.7. The van der Waals surface area contributed by atoms with Crippen molar-refractivity contribution in [2.24, 2.45) is 5.92 Å². The van der Waals surface area contributed by atoms with Crippen LogP contribution in [-0.4, -0.2) is 29.1 Å². The standard InChI is InChI=1S/C12H18N2O3/c1-9-13-12(17-14-9)8-11(15)3-2-10-4-6-16-7-5-10/h10H,2-8H2,1H3. The Labute approximate surface area is 101 Å². The Balaban J connectivity index is 1.70. The molecule has 1 fully saturated rings. The van der Waals surface area contributed by atoms with Gasteiger partial charge >= 0.3 is 0 Å². The highest BCUT2D eigenvalue weighted by Crippen LogP contribution is 2.20. The van der Waals surface area contributed by atoms with Crippen LogP contribution in [0.3, 0.4) is 0 Å². The number of nitrogens with zero attached hydrogens (tertiary/aromatic N) is 2. The quantitative estimate of drug-likeness (QED) is 0.781. The van der Waals surface area contributed by atoms with Crippen molar-refractivity contribution in [1.82, 2.24) is 10.1 Å². The minimum Gasteiger partial charge on any atom is -0.381 e. The molecule has 2 rings (SSSR count). The van der Waals surface area contributed by atoms with E-state index in [2.05, 4.69) is 10.1 Å². The van der Waals surface area contributed by atoms with E-state index in [0.29, 0.717) is 24.1 Å². The van der Waals surface area contributed by atoms with E-state index in [1.165, 1.54) is 0 Å². The third kappa shape index (κ3) is 3.93. The third-order valence-corrected chi connectivity index (χ3v) is 3.09. The van der Waals surface area contributed by atoms with Crippen LogP contribution >= 0.6 is 0 Å². The molecule has 0 unspecified atom stereocenters. The molecule has 0 N–H and O–H groups in total. The Kier molecular flexibility index (Phi) is 4.25. The summed E-state index contributed by atoms with van der Waals surface area (Å²) in [6.07, 6.45) is 3.98. The highest BCUT2D eigenvalue weighted by atomic mass is 16.5. The lowest BCUT2D eigenvalue weighted by molar-refractivity contribution is -0.119. The van der Waals surface area contributed by atoms with Crippen molar-refractivity contribution in [3.63, 3.8) is 0 Å². The summed E-state index contributed by atoms with van der Waals surface area (Å²) in [6, 6.07) is 0. The molecule has 0 bridgehead atoms. The summed E-state index contributed by atoms with van der Waals surface area (Å²) in [5.74, 6) is 1.83. The van der Waals surface area contributed by atoms with Crippen LogP contribution in [0.1, 0.15) is 37.4 Å². The fraction of sp³-hybridized carbons (Fsp3) is 0.750. The van der Waals surface area contributed by atoms with Gasteiger partial charge in [0.2, 0.25) is 5.89 Å². The molecule has 0 atom stereocenters. The number of ketones is 1. The molecular formula is C12H18N2O3. The Hall–Kier alpha value is -1.23. The van der Waals surface area contributed by atoms with Gasteiger partial charge in [0, 0.05) is 19.6 Å². The average Bonchev–Trinajstić information content (AvgIpc) is 2.73. The van der Waals surface area contributed by atoms with Gasteiger partial charge in [-0.1, -0.05) is 5.16 Å². The van der Waals surface area contributed by atoms with Gasteiger partial charge in [0.15, 0.2) is 5.82 Å². The first kappa shape index (κ1) is 12.2. The normalized spacial score (nSPS) is 17.2. The maximum atomic E-state index is 11.7. The van der Waals surface area contributed by atoms with Gasteiger partial charge in [0.05, 0.1) is 6.42 Å². The van der Waals surface area contributed by atoms with Gasteiger partial charge in [0.1, 0.15) is 5.78 Å². The summed E-state index contributed by atoms with van der Waals surface area (Å²) in [5.41, 5.74) is 0. The van der Waals surface area contributed by atoms with Crippen LogP contribution in [0.2, 0.25) is 0 Å². The fourth-order valence-electron chi connectivity index (χ4n) is 2.07. The zero-order valence-electron chi connectivity index (χ0n) is 10.1. The molecule has 0 aromatic carbocycles. The van der Waals surface area contributed by atoms with Crippen LogP contribution in [0.15, 0.2) is 4.52 Å². The Morgan fingerprint density at radius 2 is 2.18 bits per heavy atom. The second-order valence-electron chi connectivity index (χ2n) is 4.55. The monoisotopic (exact) mass is 238 g/mol. The van der Waals surface area contributed by atoms with Gasteiger partial charge in [-0.2, -0.15) is 4.98 Å². The first-order valence-corrected chi connectivity index (χ1v) is 6.12. The van der Waals surface area contributed by atoms with Gasteiger partial charge in [-0.05, 0) is 32.1 Å². The van der Waals surface area contributed by atoms with Gasteiger partial charge < -0.3 is 9.26 Å². The molecule has 1 aliphatic rings. The maximum Gasteiger partial charge on any atom is 0.234 e. The summed E-state index contributed by atoms with van der Waals surface area (Å²) in [7, 11) is 0. The fourth-order valence-corrected chi connectivity index (χ4v) is 2.07. The second-order valence-corrected chi connectivity index (χ2v) is 4.55. The van der Waals surface area contributed by atoms with E-state index in [-0.39, 0.29) is 12.2 Å². The molecule has 0 aliphatic carbocycles. The van der Waals surface area contributed by atoms with Gasteiger partial charge in [-0.25, -0.2) is 0 Å². The minimum atomic E-state index is 0.181. The molecule has 0 saturated carbocycles. The van der Waals surface area contributed by atoms with E-state index in [9.17, 15) is 4.79 Å². The van der Waals surface area contributed by atoms with Gasteiger partial charge in [0.25, 0.3) is 0 Å². The number of carbonyl (C=O) groups is 1. The van der Waals surface area contributed by atoms with Crippen LogP contribution in [0.25, 0.3) is 0 Å². The average molecular weight is 238 g/mol. The lowest BCUT2D eigenvalue weighted by Crippen LogP contribution is -2.17. The number of aryl methyl sites for hydroxylation is 1. The molecule has 5 heteroatoms. The molecule has 0 amide bonds. The molecule has 1 aromatic rings. The van der Waals surface area contributed by atoms with Crippen molar-refractivity contribution in [2.45, 2.75) is 39.0 Å². The van der Waals surface area contributed by atoms with E-state index in [0.717, 1.165) is 32.5 Å². The summed E-state index contributed by atoms with van der Waals surface area (Å²) in [4.78, 5) is 15.7. The van der Waals surface area contributed by atoms with Crippen molar-refractivity contribution in [3.8, 4) is 0 Å². The molecule has 1 saturated heterocycles. The number of rotatable bonds is 5. The summed E-state index contributed by atoms with van der Waals surface area (Å²) in [6.45, 7) is 3.42. The molecule has 1 aromatic heterocycles. The van der Waals surface area contributed by atoms with E-state index in [1.807, 2.05) is 0 Å². The van der Waals surface area contributed by atoms with Crippen LogP contribution in [0.5, 0.6) is 0 Å². The van der Waals surface area contributed by atoms with Gasteiger partial charge in [-0.15, -0.1) is 0 Å². The predicted molar refractivity (Wildman–Crippen MR) is 60.5 cm³/mol. The van der Waals surface area contributed by atoms with Crippen molar-refractivity contribution in [2.75, 3.05) is 13.2 Å². The minimum absolute atomic E-state index is 0.181. The summed E-state index contributed by atoms with van der Waals surface area (Å²) < 4.78 is 10.2. The molecular weight excluding hydrogens is 220 g/mol. The number of aromatic nitrogens is 2. The van der Waals surface area contributed by atoms with E-state index in [1.54, 1.807) is 6.92 Å². The third-order valence-electron chi connectivity index (χ3n) is 3.09. The number of hydrogen-bond donors (Lipinski definition) is 0. The molecule has 0 spiro atoms. The molecule has 5 nitrogen and oxygen atoms in total. The zero-order valence-corrected chi connectivity index (χ0v) is 10.1. The predicted octanol–water partition coefficient (Wildman–Crippen LogP) is 1.70. The van der Waals surface area contributed by atoms with Gasteiger partial charge in [-0.3, -0.25) is 4.79 Å². The molecule has 94 valence electrons.